The molecule has 1 heterocycles. The molecule has 0 amide bonds. The Morgan fingerprint density at radius 3 is 2.50 bits per heavy atom. The van der Waals surface area contributed by atoms with Gasteiger partial charge in [-0.15, -0.1) is 10.2 Å². The maximum atomic E-state index is 12.8. The van der Waals surface area contributed by atoms with Crippen molar-refractivity contribution in [2.24, 2.45) is 0 Å². The molecule has 0 unspecified atom stereocenters. The van der Waals surface area contributed by atoms with Gasteiger partial charge in [-0.3, -0.25) is 4.79 Å². The number of tetrazole rings is 1. The average Bonchev–Trinajstić information content (AvgIpc) is 3.05. The third kappa shape index (κ3) is 4.11. The molecule has 3 rings (SSSR count). The van der Waals surface area contributed by atoms with E-state index >= 15 is 0 Å². The van der Waals surface area contributed by atoms with Gasteiger partial charge in [0.05, 0.1) is 6.54 Å². The monoisotopic (exact) mass is 388 g/mol. The van der Waals surface area contributed by atoms with Crippen LogP contribution in [0, 0.1) is 5.82 Å². The summed E-state index contributed by atoms with van der Waals surface area (Å²) in [5.74, 6) is 0.175. The number of aryl methyl sites for hydroxylation is 1. The number of rotatable bonds is 6. The van der Waals surface area contributed by atoms with Gasteiger partial charge >= 0.3 is 0 Å². The number of carbonyl (C=O) groups excluding carboxylic acids is 1. The van der Waals surface area contributed by atoms with Crippen molar-refractivity contribution in [3.05, 3.63) is 64.4 Å². The standard InChI is InChI=1S/C17H14BrFN4O/c18-14-7-3-13(4-8-14)17-20-22-23(21-17)11-1-2-16(24)12-5-9-15(19)10-6-12/h3-10H,1-2,11H2. The molecule has 122 valence electrons. The highest BCUT2D eigenvalue weighted by molar-refractivity contribution is 9.10. The molecule has 0 spiro atoms. The fourth-order valence-electron chi connectivity index (χ4n) is 2.21. The highest BCUT2D eigenvalue weighted by atomic mass is 79.9. The van der Waals surface area contributed by atoms with Gasteiger partial charge in [-0.05, 0) is 60.2 Å². The quantitative estimate of drug-likeness (QED) is 0.600. The van der Waals surface area contributed by atoms with E-state index in [-0.39, 0.29) is 11.6 Å². The van der Waals surface area contributed by atoms with Gasteiger partial charge in [-0.1, -0.05) is 15.9 Å². The van der Waals surface area contributed by atoms with Crippen molar-refractivity contribution in [1.82, 2.24) is 20.2 Å². The zero-order valence-electron chi connectivity index (χ0n) is 12.7. The van der Waals surface area contributed by atoms with E-state index in [0.29, 0.717) is 30.8 Å². The molecule has 1 aromatic heterocycles. The third-order valence-electron chi connectivity index (χ3n) is 3.48. The van der Waals surface area contributed by atoms with Crippen molar-refractivity contribution in [2.75, 3.05) is 0 Å². The van der Waals surface area contributed by atoms with E-state index in [0.717, 1.165) is 10.0 Å². The number of hydrogen-bond donors (Lipinski definition) is 0. The molecule has 0 aliphatic heterocycles. The van der Waals surface area contributed by atoms with Crippen LogP contribution in [-0.4, -0.2) is 26.0 Å². The fourth-order valence-corrected chi connectivity index (χ4v) is 2.48. The van der Waals surface area contributed by atoms with E-state index in [1.807, 2.05) is 24.3 Å². The first-order chi connectivity index (χ1) is 11.6. The summed E-state index contributed by atoms with van der Waals surface area (Å²) in [6.45, 7) is 0.496. The lowest BCUT2D eigenvalue weighted by molar-refractivity contribution is 0.0977. The van der Waals surface area contributed by atoms with E-state index in [1.54, 1.807) is 0 Å². The van der Waals surface area contributed by atoms with Gasteiger partial charge < -0.3 is 0 Å². The minimum Gasteiger partial charge on any atom is -0.294 e. The van der Waals surface area contributed by atoms with Crippen LogP contribution in [0.15, 0.2) is 53.0 Å². The van der Waals surface area contributed by atoms with Crippen LogP contribution in [0.4, 0.5) is 4.39 Å². The zero-order valence-corrected chi connectivity index (χ0v) is 14.3. The number of nitrogens with zero attached hydrogens (tertiary/aromatic N) is 4. The van der Waals surface area contributed by atoms with Crippen molar-refractivity contribution in [1.29, 1.82) is 0 Å². The number of Topliss-reactive ketones (excluding diaryl/α,β-unsaturated/α-hetero) is 1. The van der Waals surface area contributed by atoms with Gasteiger partial charge in [-0.25, -0.2) is 4.39 Å². The van der Waals surface area contributed by atoms with E-state index in [9.17, 15) is 9.18 Å². The smallest absolute Gasteiger partial charge is 0.204 e. The van der Waals surface area contributed by atoms with Crippen molar-refractivity contribution in [3.8, 4) is 11.4 Å². The molecular weight excluding hydrogens is 375 g/mol. The summed E-state index contributed by atoms with van der Waals surface area (Å²) in [5.41, 5.74) is 1.39. The second kappa shape index (κ2) is 7.44. The highest BCUT2D eigenvalue weighted by Gasteiger charge is 2.08. The van der Waals surface area contributed by atoms with E-state index in [2.05, 4.69) is 31.3 Å². The second-order valence-corrected chi connectivity index (χ2v) is 6.17. The number of hydrogen-bond acceptors (Lipinski definition) is 4. The SMILES string of the molecule is O=C(CCCn1nnc(-c2ccc(Br)cc2)n1)c1ccc(F)cc1. The van der Waals surface area contributed by atoms with Crippen molar-refractivity contribution >= 4 is 21.7 Å². The van der Waals surface area contributed by atoms with Gasteiger partial charge in [0.2, 0.25) is 5.82 Å². The molecule has 3 aromatic rings. The number of aromatic nitrogens is 4. The van der Waals surface area contributed by atoms with Gasteiger partial charge in [0.15, 0.2) is 5.78 Å². The lowest BCUT2D eigenvalue weighted by atomic mass is 10.1. The second-order valence-electron chi connectivity index (χ2n) is 5.25. The summed E-state index contributed by atoms with van der Waals surface area (Å²) in [6.07, 6.45) is 0.938. The molecule has 0 aliphatic rings. The average molecular weight is 389 g/mol. The maximum Gasteiger partial charge on any atom is 0.204 e. The molecule has 0 saturated carbocycles. The van der Waals surface area contributed by atoms with Crippen LogP contribution in [0.25, 0.3) is 11.4 Å². The van der Waals surface area contributed by atoms with Crippen LogP contribution in [-0.2, 0) is 6.54 Å². The van der Waals surface area contributed by atoms with Crippen molar-refractivity contribution in [3.63, 3.8) is 0 Å². The molecule has 0 radical (unpaired) electrons. The summed E-state index contributed by atoms with van der Waals surface area (Å²) >= 11 is 3.38. The Kier molecular flexibility index (Phi) is 5.10. The highest BCUT2D eigenvalue weighted by Crippen LogP contribution is 2.17. The van der Waals surface area contributed by atoms with Crippen molar-refractivity contribution in [2.45, 2.75) is 19.4 Å². The van der Waals surface area contributed by atoms with Gasteiger partial charge in [-0.2, -0.15) is 4.80 Å². The number of benzene rings is 2. The number of ketones is 1. The summed E-state index contributed by atoms with van der Waals surface area (Å²) < 4.78 is 13.8. The molecule has 2 aromatic carbocycles. The molecule has 5 nitrogen and oxygen atoms in total. The molecule has 0 aliphatic carbocycles. The summed E-state index contributed by atoms with van der Waals surface area (Å²) in [7, 11) is 0. The lowest BCUT2D eigenvalue weighted by Crippen LogP contribution is -2.06. The number of halogens is 2. The van der Waals surface area contributed by atoms with Crippen LogP contribution in [0.2, 0.25) is 0 Å². The van der Waals surface area contributed by atoms with Crippen LogP contribution in [0.5, 0.6) is 0 Å². The Morgan fingerprint density at radius 2 is 1.79 bits per heavy atom. The Hall–Kier alpha value is -2.41. The lowest BCUT2D eigenvalue weighted by Gasteiger charge is -2.01. The van der Waals surface area contributed by atoms with Gasteiger partial charge in [0.1, 0.15) is 5.82 Å². The molecular formula is C17H14BrFN4O. The first-order valence-electron chi connectivity index (χ1n) is 7.44. The van der Waals surface area contributed by atoms with Crippen molar-refractivity contribution < 1.29 is 9.18 Å². The van der Waals surface area contributed by atoms with E-state index in [1.165, 1.54) is 29.1 Å². The first kappa shape index (κ1) is 16.4. The number of carbonyl (C=O) groups is 1. The van der Waals surface area contributed by atoms with Crippen LogP contribution >= 0.6 is 15.9 Å². The van der Waals surface area contributed by atoms with Crippen LogP contribution in [0.3, 0.4) is 0 Å². The first-order valence-corrected chi connectivity index (χ1v) is 8.23. The minimum absolute atomic E-state index is 0.0248. The fraction of sp³-hybridized carbons (Fsp3) is 0.176. The maximum absolute atomic E-state index is 12.8. The molecule has 7 heteroatoms. The van der Waals surface area contributed by atoms with E-state index < -0.39 is 0 Å². The van der Waals surface area contributed by atoms with Gasteiger partial charge in [0, 0.05) is 22.0 Å². The molecule has 0 fully saturated rings. The Bertz CT molecular complexity index is 831. The molecule has 0 atom stereocenters. The third-order valence-corrected chi connectivity index (χ3v) is 4.01. The predicted octanol–water partition coefficient (Wildman–Crippen LogP) is 3.90. The Balaban J connectivity index is 1.55. The van der Waals surface area contributed by atoms with E-state index in [4.69, 9.17) is 0 Å². The van der Waals surface area contributed by atoms with Crippen LogP contribution < -0.4 is 0 Å². The summed E-state index contributed by atoms with van der Waals surface area (Å²) in [6, 6.07) is 13.2. The molecule has 24 heavy (non-hydrogen) atoms. The van der Waals surface area contributed by atoms with Gasteiger partial charge in [0.25, 0.3) is 0 Å². The van der Waals surface area contributed by atoms with Crippen LogP contribution in [0.1, 0.15) is 23.2 Å². The molecule has 0 N–H and O–H groups in total. The zero-order chi connectivity index (χ0) is 16.9. The minimum atomic E-state index is -0.348. The summed E-state index contributed by atoms with van der Waals surface area (Å²) in [4.78, 5) is 13.5. The predicted molar refractivity (Wildman–Crippen MR) is 90.9 cm³/mol. The molecule has 0 saturated heterocycles. The normalized spacial score (nSPS) is 10.8. The molecule has 0 bridgehead atoms. The Morgan fingerprint density at radius 1 is 1.08 bits per heavy atom. The topological polar surface area (TPSA) is 60.7 Å². The summed E-state index contributed by atoms with van der Waals surface area (Å²) in [5, 5.41) is 12.3. The largest absolute Gasteiger partial charge is 0.294 e. The Labute approximate surface area is 146 Å².